The Morgan fingerprint density at radius 3 is 2.48 bits per heavy atom. The summed E-state index contributed by atoms with van der Waals surface area (Å²) in [5, 5.41) is 7.49. The molecular weight excluding hydrogens is 318 g/mol. The molecule has 1 atom stereocenters. The topological polar surface area (TPSA) is 84.0 Å². The summed E-state index contributed by atoms with van der Waals surface area (Å²) < 4.78 is 5.26. The fourth-order valence-corrected chi connectivity index (χ4v) is 2.46. The van der Waals surface area contributed by atoms with Gasteiger partial charge in [0.05, 0.1) is 12.8 Å². The number of carbonyl (C=O) groups excluding carboxylic acids is 2. The molecule has 0 unspecified atom stereocenters. The van der Waals surface area contributed by atoms with E-state index in [2.05, 4.69) is 17.6 Å². The van der Waals surface area contributed by atoms with Gasteiger partial charge in [-0.1, -0.05) is 30.3 Å². The van der Waals surface area contributed by atoms with E-state index in [4.69, 9.17) is 4.74 Å². The minimum Gasteiger partial charge on any atom is -0.495 e. The van der Waals surface area contributed by atoms with Gasteiger partial charge in [-0.2, -0.15) is 0 Å². The lowest BCUT2D eigenvalue weighted by molar-refractivity contribution is -0.682. The number of nitrogens with one attached hydrogen (secondary N) is 2. The van der Waals surface area contributed by atoms with Crippen molar-refractivity contribution in [1.82, 2.24) is 0 Å². The van der Waals surface area contributed by atoms with E-state index in [0.29, 0.717) is 17.1 Å². The number of methoxy groups -OCH3 is 1. The molecule has 0 fully saturated rings. The molecule has 2 rings (SSSR count). The van der Waals surface area contributed by atoms with Crippen molar-refractivity contribution >= 4 is 23.2 Å². The molecule has 6 heteroatoms. The summed E-state index contributed by atoms with van der Waals surface area (Å²) in [6.45, 7) is 3.77. The number of benzene rings is 2. The number of amides is 2. The van der Waals surface area contributed by atoms with Gasteiger partial charge >= 0.3 is 0 Å². The lowest BCUT2D eigenvalue weighted by Gasteiger charge is -2.14. The van der Waals surface area contributed by atoms with Crippen LogP contribution in [0.5, 0.6) is 5.75 Å². The van der Waals surface area contributed by atoms with Gasteiger partial charge in [-0.15, -0.1) is 0 Å². The molecule has 0 radical (unpaired) electrons. The van der Waals surface area contributed by atoms with E-state index >= 15 is 0 Å². The molecule has 0 aliphatic carbocycles. The summed E-state index contributed by atoms with van der Waals surface area (Å²) in [6, 6.07) is 15.3. The molecule has 0 bridgehead atoms. The highest BCUT2D eigenvalue weighted by Crippen LogP contribution is 2.27. The Morgan fingerprint density at radius 2 is 1.84 bits per heavy atom. The first-order chi connectivity index (χ1) is 12.0. The summed E-state index contributed by atoms with van der Waals surface area (Å²) in [5.41, 5.74) is 2.30. The quantitative estimate of drug-likeness (QED) is 0.719. The summed E-state index contributed by atoms with van der Waals surface area (Å²) in [5.74, 6) is 0.229. The number of hydrogen-bond acceptors (Lipinski definition) is 3. The molecule has 0 heterocycles. The van der Waals surface area contributed by atoms with Gasteiger partial charge < -0.3 is 20.7 Å². The van der Waals surface area contributed by atoms with Crippen LogP contribution in [-0.2, 0) is 9.59 Å². The highest BCUT2D eigenvalue weighted by atomic mass is 16.5. The van der Waals surface area contributed by atoms with Gasteiger partial charge in [0, 0.05) is 18.2 Å². The maximum atomic E-state index is 12.3. The second-order valence-corrected chi connectivity index (χ2v) is 5.78. The molecule has 0 saturated heterocycles. The molecule has 0 spiro atoms. The van der Waals surface area contributed by atoms with Crippen molar-refractivity contribution in [1.29, 1.82) is 0 Å². The van der Waals surface area contributed by atoms with E-state index < -0.39 is 0 Å². The minimum atomic E-state index is -0.174. The average molecular weight is 342 g/mol. The van der Waals surface area contributed by atoms with Crippen LogP contribution in [0.4, 0.5) is 11.4 Å². The van der Waals surface area contributed by atoms with Gasteiger partial charge in [0.1, 0.15) is 11.8 Å². The molecule has 0 saturated carbocycles. The van der Waals surface area contributed by atoms with E-state index in [-0.39, 0.29) is 24.4 Å². The molecule has 2 amide bonds. The molecule has 0 aliphatic rings. The molecular formula is C19H24N3O3+. The Kier molecular flexibility index (Phi) is 6.54. The monoisotopic (exact) mass is 342 g/mol. The van der Waals surface area contributed by atoms with Crippen LogP contribution in [0, 0.1) is 0 Å². The van der Waals surface area contributed by atoms with Gasteiger partial charge in [-0.25, -0.2) is 0 Å². The van der Waals surface area contributed by atoms with Gasteiger partial charge in [-0.3, -0.25) is 9.59 Å². The third-order valence-corrected chi connectivity index (χ3v) is 3.78. The highest BCUT2D eigenvalue weighted by molar-refractivity contribution is 5.95. The van der Waals surface area contributed by atoms with Crippen molar-refractivity contribution in [3.63, 3.8) is 0 Å². The number of rotatable bonds is 7. The van der Waals surface area contributed by atoms with Crippen molar-refractivity contribution in [3.8, 4) is 5.75 Å². The van der Waals surface area contributed by atoms with Crippen molar-refractivity contribution in [3.05, 3.63) is 54.1 Å². The van der Waals surface area contributed by atoms with Gasteiger partial charge in [0.15, 0.2) is 6.54 Å². The number of hydrogen-bond donors (Lipinski definition) is 3. The van der Waals surface area contributed by atoms with Gasteiger partial charge in [0.25, 0.3) is 5.91 Å². The van der Waals surface area contributed by atoms with Crippen LogP contribution in [0.1, 0.15) is 25.5 Å². The predicted octanol–water partition coefficient (Wildman–Crippen LogP) is 1.92. The number of carbonyl (C=O) groups is 2. The van der Waals surface area contributed by atoms with Crippen LogP contribution in [0.3, 0.4) is 0 Å². The number of anilines is 2. The molecule has 4 N–H and O–H groups in total. The fraction of sp³-hybridized carbons (Fsp3) is 0.263. The third-order valence-electron chi connectivity index (χ3n) is 3.78. The number of nitrogens with two attached hydrogens (primary N) is 1. The first-order valence-electron chi connectivity index (χ1n) is 8.13. The summed E-state index contributed by atoms with van der Waals surface area (Å²) in [6.07, 6.45) is 0. The highest BCUT2D eigenvalue weighted by Gasteiger charge is 2.13. The molecule has 0 aromatic heterocycles. The zero-order chi connectivity index (χ0) is 18.2. The van der Waals surface area contributed by atoms with Crippen LogP contribution in [0.25, 0.3) is 0 Å². The fourth-order valence-electron chi connectivity index (χ4n) is 2.46. The molecule has 25 heavy (non-hydrogen) atoms. The van der Waals surface area contributed by atoms with Crippen molar-refractivity contribution in [2.24, 2.45) is 0 Å². The lowest BCUT2D eigenvalue weighted by Crippen LogP contribution is -2.86. The lowest BCUT2D eigenvalue weighted by atomic mass is 10.1. The van der Waals surface area contributed by atoms with E-state index in [9.17, 15) is 9.59 Å². The van der Waals surface area contributed by atoms with E-state index in [1.54, 1.807) is 18.2 Å². The zero-order valence-corrected chi connectivity index (χ0v) is 14.7. The third kappa shape index (κ3) is 5.61. The smallest absolute Gasteiger partial charge is 0.279 e. The molecule has 2 aromatic rings. The molecule has 6 nitrogen and oxygen atoms in total. The van der Waals surface area contributed by atoms with E-state index in [1.807, 2.05) is 35.6 Å². The maximum absolute atomic E-state index is 12.3. The predicted molar refractivity (Wildman–Crippen MR) is 97.6 cm³/mol. The van der Waals surface area contributed by atoms with Gasteiger partial charge in [-0.05, 0) is 25.1 Å². The van der Waals surface area contributed by atoms with Gasteiger partial charge in [0.2, 0.25) is 5.91 Å². The first-order valence-corrected chi connectivity index (χ1v) is 8.13. The summed E-state index contributed by atoms with van der Waals surface area (Å²) >= 11 is 0. The molecule has 0 aliphatic heterocycles. The zero-order valence-electron chi connectivity index (χ0n) is 14.7. The minimum absolute atomic E-state index is 0.138. The maximum Gasteiger partial charge on any atom is 0.279 e. The first kappa shape index (κ1) is 18.5. The van der Waals surface area contributed by atoms with Crippen molar-refractivity contribution in [2.75, 3.05) is 24.3 Å². The van der Waals surface area contributed by atoms with Crippen molar-refractivity contribution < 1.29 is 19.6 Å². The summed E-state index contributed by atoms with van der Waals surface area (Å²) in [4.78, 5) is 23.4. The normalized spacial score (nSPS) is 11.5. The largest absolute Gasteiger partial charge is 0.495 e. The molecule has 2 aromatic carbocycles. The van der Waals surface area contributed by atoms with E-state index in [1.165, 1.54) is 19.6 Å². The Morgan fingerprint density at radius 1 is 1.12 bits per heavy atom. The van der Waals surface area contributed by atoms with Crippen LogP contribution in [-0.4, -0.2) is 25.5 Å². The van der Waals surface area contributed by atoms with Crippen LogP contribution in [0.15, 0.2) is 48.5 Å². The van der Waals surface area contributed by atoms with Crippen molar-refractivity contribution in [2.45, 2.75) is 19.9 Å². The SMILES string of the molecule is COc1ccc(NC(C)=O)cc1NC(=O)C[NH2+][C@H](C)c1ccccc1. The Balaban J connectivity index is 1.98. The average Bonchev–Trinajstić information content (AvgIpc) is 2.60. The van der Waals surface area contributed by atoms with Crippen LogP contribution < -0.4 is 20.7 Å². The standard InChI is InChI=1S/C19H23N3O3/c1-13(15-7-5-4-6-8-15)20-12-19(24)22-17-11-16(21-14(2)23)9-10-18(17)25-3/h4-11,13,20H,12H2,1-3H3,(H,21,23)(H,22,24)/p+1/t13-/m1/s1. The Hall–Kier alpha value is -2.86. The van der Waals surface area contributed by atoms with Crippen LogP contribution in [0.2, 0.25) is 0 Å². The van der Waals surface area contributed by atoms with Crippen LogP contribution >= 0.6 is 0 Å². The number of quaternary nitrogens is 1. The second kappa shape index (κ2) is 8.84. The Labute approximate surface area is 147 Å². The molecule has 132 valence electrons. The number of ether oxygens (including phenoxy) is 1. The van der Waals surface area contributed by atoms with E-state index in [0.717, 1.165) is 0 Å². The Bertz CT molecular complexity index is 732. The summed E-state index contributed by atoms with van der Waals surface area (Å²) in [7, 11) is 1.53. The second-order valence-electron chi connectivity index (χ2n) is 5.78.